The Bertz CT molecular complexity index is 615. The van der Waals surface area contributed by atoms with Gasteiger partial charge in [-0.1, -0.05) is 26.7 Å². The molecule has 1 aliphatic rings. The number of thioether (sulfide) groups is 1. The summed E-state index contributed by atoms with van der Waals surface area (Å²) in [5.74, 6) is -0.191. The predicted molar refractivity (Wildman–Crippen MR) is 99.0 cm³/mol. The number of carbonyl (C=O) groups excluding carboxylic acids is 1. The van der Waals surface area contributed by atoms with Crippen molar-refractivity contribution in [3.05, 3.63) is 33.9 Å². The third-order valence-electron chi connectivity index (χ3n) is 4.51. The number of nitrogens with zero attached hydrogens (tertiary/aromatic N) is 1. The molecule has 138 valence electrons. The van der Waals surface area contributed by atoms with Crippen LogP contribution in [0.15, 0.2) is 23.1 Å². The first-order chi connectivity index (χ1) is 11.9. The lowest BCUT2D eigenvalue weighted by Gasteiger charge is -2.16. The van der Waals surface area contributed by atoms with Crippen molar-refractivity contribution < 1.29 is 14.8 Å². The van der Waals surface area contributed by atoms with Crippen LogP contribution in [0.4, 0.5) is 5.69 Å². The van der Waals surface area contributed by atoms with Gasteiger partial charge in [0.1, 0.15) is 0 Å². The first-order valence-electron chi connectivity index (χ1n) is 8.80. The molecule has 0 heterocycles. The van der Waals surface area contributed by atoms with Crippen LogP contribution in [0.25, 0.3) is 0 Å². The second-order valence-corrected chi connectivity index (χ2v) is 8.16. The molecule has 0 aromatic heterocycles. The van der Waals surface area contributed by atoms with Gasteiger partial charge in [0.25, 0.3) is 11.6 Å². The zero-order chi connectivity index (χ0) is 18.4. The summed E-state index contributed by atoms with van der Waals surface area (Å²) in [5, 5.41) is 24.1. The molecule has 0 spiro atoms. The number of hydrogen-bond donors (Lipinski definition) is 2. The van der Waals surface area contributed by atoms with Gasteiger partial charge in [-0.3, -0.25) is 14.9 Å². The standard InChI is InChI=1S/C18H26N2O4S/c1-12(2)16(21)9-10-19-18(22)15-11-13(20(23)24)7-8-17(15)25-14-5-3-4-6-14/h7-8,11-12,14,16,21H,3-6,9-10H2,1-2H3,(H,19,22)/t16-/m1/s1. The summed E-state index contributed by atoms with van der Waals surface area (Å²) in [6.07, 6.45) is 4.60. The van der Waals surface area contributed by atoms with Crippen LogP contribution in [0.5, 0.6) is 0 Å². The molecule has 2 N–H and O–H groups in total. The van der Waals surface area contributed by atoms with Crippen molar-refractivity contribution in [2.24, 2.45) is 5.92 Å². The molecular weight excluding hydrogens is 340 g/mol. The molecule has 0 saturated heterocycles. The molecule has 1 aromatic rings. The van der Waals surface area contributed by atoms with Gasteiger partial charge in [0, 0.05) is 28.8 Å². The van der Waals surface area contributed by atoms with Crippen molar-refractivity contribution in [2.45, 2.75) is 62.2 Å². The minimum Gasteiger partial charge on any atom is -0.393 e. The highest BCUT2D eigenvalue weighted by molar-refractivity contribution is 8.00. The first kappa shape index (κ1) is 19.7. The van der Waals surface area contributed by atoms with E-state index in [0.29, 0.717) is 23.8 Å². The normalized spacial score (nSPS) is 16.2. The van der Waals surface area contributed by atoms with Crippen LogP contribution in [0.1, 0.15) is 56.3 Å². The van der Waals surface area contributed by atoms with Gasteiger partial charge in [-0.25, -0.2) is 0 Å². The topological polar surface area (TPSA) is 92.5 Å². The maximum Gasteiger partial charge on any atom is 0.270 e. The highest BCUT2D eigenvalue weighted by atomic mass is 32.2. The van der Waals surface area contributed by atoms with Crippen LogP contribution in [0.2, 0.25) is 0 Å². The monoisotopic (exact) mass is 366 g/mol. The average molecular weight is 366 g/mol. The number of aliphatic hydroxyl groups is 1. The van der Waals surface area contributed by atoms with E-state index in [2.05, 4.69) is 5.32 Å². The fraction of sp³-hybridized carbons (Fsp3) is 0.611. The van der Waals surface area contributed by atoms with Crippen LogP contribution in [-0.2, 0) is 0 Å². The molecule has 1 aliphatic carbocycles. The van der Waals surface area contributed by atoms with Gasteiger partial charge in [0.15, 0.2) is 0 Å². The molecular formula is C18H26N2O4S. The number of amides is 1. The molecule has 0 aliphatic heterocycles. The molecule has 1 saturated carbocycles. The zero-order valence-corrected chi connectivity index (χ0v) is 15.6. The minimum absolute atomic E-state index is 0.0804. The maximum absolute atomic E-state index is 12.5. The number of hydrogen-bond acceptors (Lipinski definition) is 5. The Morgan fingerprint density at radius 1 is 1.40 bits per heavy atom. The fourth-order valence-corrected chi connectivity index (χ4v) is 4.21. The third-order valence-corrected chi connectivity index (χ3v) is 5.92. The summed E-state index contributed by atoms with van der Waals surface area (Å²) in [4.78, 5) is 23.9. The van der Waals surface area contributed by atoms with E-state index in [1.165, 1.54) is 25.0 Å². The molecule has 1 fully saturated rings. The molecule has 25 heavy (non-hydrogen) atoms. The quantitative estimate of drug-likeness (QED) is 0.540. The van der Waals surface area contributed by atoms with E-state index in [9.17, 15) is 20.0 Å². The summed E-state index contributed by atoms with van der Waals surface area (Å²) < 4.78 is 0. The number of carbonyl (C=O) groups is 1. The molecule has 0 radical (unpaired) electrons. The van der Waals surface area contributed by atoms with Gasteiger partial charge in [-0.05, 0) is 31.2 Å². The predicted octanol–water partition coefficient (Wildman–Crippen LogP) is 3.77. The Morgan fingerprint density at radius 2 is 2.08 bits per heavy atom. The van der Waals surface area contributed by atoms with E-state index in [0.717, 1.165) is 17.7 Å². The largest absolute Gasteiger partial charge is 0.393 e. The Labute approximate surface area is 152 Å². The lowest BCUT2D eigenvalue weighted by Crippen LogP contribution is -2.29. The molecule has 0 unspecified atom stereocenters. The van der Waals surface area contributed by atoms with Crippen LogP contribution >= 0.6 is 11.8 Å². The van der Waals surface area contributed by atoms with Crippen molar-refractivity contribution in [1.29, 1.82) is 0 Å². The lowest BCUT2D eigenvalue weighted by atomic mass is 10.0. The summed E-state index contributed by atoms with van der Waals surface area (Å²) >= 11 is 1.64. The van der Waals surface area contributed by atoms with Crippen molar-refractivity contribution in [3.8, 4) is 0 Å². The van der Waals surface area contributed by atoms with Gasteiger partial charge in [0.05, 0.1) is 16.6 Å². The van der Waals surface area contributed by atoms with E-state index in [1.54, 1.807) is 17.8 Å². The molecule has 6 nitrogen and oxygen atoms in total. The van der Waals surface area contributed by atoms with Crippen LogP contribution in [0.3, 0.4) is 0 Å². The molecule has 2 rings (SSSR count). The lowest BCUT2D eigenvalue weighted by molar-refractivity contribution is -0.384. The molecule has 1 atom stereocenters. The van der Waals surface area contributed by atoms with Crippen LogP contribution in [-0.4, -0.2) is 33.8 Å². The number of non-ortho nitro benzene ring substituents is 1. The Kier molecular flexibility index (Phi) is 7.25. The fourth-order valence-electron chi connectivity index (χ4n) is 2.86. The Balaban J connectivity index is 2.09. The first-order valence-corrected chi connectivity index (χ1v) is 9.67. The van der Waals surface area contributed by atoms with Crippen molar-refractivity contribution in [1.82, 2.24) is 5.32 Å². The summed E-state index contributed by atoms with van der Waals surface area (Å²) in [7, 11) is 0. The van der Waals surface area contributed by atoms with Crippen LogP contribution in [0, 0.1) is 16.0 Å². The number of aliphatic hydroxyl groups excluding tert-OH is 1. The van der Waals surface area contributed by atoms with Gasteiger partial charge in [0.2, 0.25) is 0 Å². The zero-order valence-electron chi connectivity index (χ0n) is 14.7. The maximum atomic E-state index is 12.5. The molecule has 1 aromatic carbocycles. The summed E-state index contributed by atoms with van der Waals surface area (Å²) in [6.45, 7) is 4.18. The van der Waals surface area contributed by atoms with Gasteiger partial charge >= 0.3 is 0 Å². The Hall–Kier alpha value is -1.60. The Morgan fingerprint density at radius 3 is 2.68 bits per heavy atom. The molecule has 7 heteroatoms. The van der Waals surface area contributed by atoms with Gasteiger partial charge in [-0.15, -0.1) is 11.8 Å². The van der Waals surface area contributed by atoms with E-state index < -0.39 is 11.0 Å². The second kappa shape index (κ2) is 9.20. The summed E-state index contributed by atoms with van der Waals surface area (Å²) in [6, 6.07) is 4.49. The van der Waals surface area contributed by atoms with Gasteiger partial charge < -0.3 is 10.4 Å². The number of benzene rings is 1. The van der Waals surface area contributed by atoms with Crippen molar-refractivity contribution in [2.75, 3.05) is 6.54 Å². The second-order valence-electron chi connectivity index (χ2n) is 6.82. The highest BCUT2D eigenvalue weighted by Gasteiger charge is 2.22. The van der Waals surface area contributed by atoms with E-state index >= 15 is 0 Å². The van der Waals surface area contributed by atoms with E-state index in [1.807, 2.05) is 13.8 Å². The number of nitrogens with one attached hydrogen (secondary N) is 1. The third kappa shape index (κ3) is 5.71. The summed E-state index contributed by atoms with van der Waals surface area (Å²) in [5.41, 5.74) is 0.272. The van der Waals surface area contributed by atoms with Crippen molar-refractivity contribution in [3.63, 3.8) is 0 Å². The number of nitro groups is 1. The SMILES string of the molecule is CC(C)[C@H](O)CCNC(=O)c1cc([N+](=O)[O-])ccc1SC1CCCC1. The number of rotatable bonds is 8. The smallest absolute Gasteiger partial charge is 0.270 e. The average Bonchev–Trinajstić information content (AvgIpc) is 3.07. The van der Waals surface area contributed by atoms with Crippen molar-refractivity contribution >= 4 is 23.4 Å². The van der Waals surface area contributed by atoms with E-state index in [4.69, 9.17) is 0 Å². The van der Waals surface area contributed by atoms with Gasteiger partial charge in [-0.2, -0.15) is 0 Å². The minimum atomic E-state index is -0.483. The molecule has 0 bridgehead atoms. The molecule has 1 amide bonds. The highest BCUT2D eigenvalue weighted by Crippen LogP contribution is 2.37. The van der Waals surface area contributed by atoms with Crippen LogP contribution < -0.4 is 5.32 Å². The number of nitro benzene ring substituents is 1. The van der Waals surface area contributed by atoms with E-state index in [-0.39, 0.29) is 17.5 Å².